The van der Waals surface area contributed by atoms with Gasteiger partial charge < -0.3 is 9.47 Å². The fourth-order valence-corrected chi connectivity index (χ4v) is 2.47. The summed E-state index contributed by atoms with van der Waals surface area (Å²) >= 11 is 8.12. The first-order valence-corrected chi connectivity index (χ1v) is 8.09. The van der Waals surface area contributed by atoms with Gasteiger partial charge in [-0.1, -0.05) is 19.3 Å². The fourth-order valence-electron chi connectivity index (χ4n) is 2.32. The normalized spacial score (nSPS) is 20.8. The summed E-state index contributed by atoms with van der Waals surface area (Å²) < 4.78 is 10.6. The number of hydrogen-bond acceptors (Lipinski definition) is 6. The van der Waals surface area contributed by atoms with Crippen LogP contribution in [0.5, 0.6) is 0 Å². The van der Waals surface area contributed by atoms with E-state index in [0.717, 1.165) is 25.7 Å². The van der Waals surface area contributed by atoms with Crippen molar-refractivity contribution in [3.63, 3.8) is 0 Å². The van der Waals surface area contributed by atoms with Crippen molar-refractivity contribution >= 4 is 37.2 Å². The van der Waals surface area contributed by atoms with Crippen molar-refractivity contribution in [2.24, 2.45) is 5.41 Å². The molecule has 0 N–H and O–H groups in total. The lowest BCUT2D eigenvalue weighted by Gasteiger charge is -2.36. The second-order valence-corrected chi connectivity index (χ2v) is 7.18. The van der Waals surface area contributed by atoms with Crippen LogP contribution in [0.3, 0.4) is 0 Å². The molecule has 1 aliphatic carbocycles. The minimum Gasteiger partial charge on any atom is -0.464 e. The van der Waals surface area contributed by atoms with Crippen molar-refractivity contribution in [3.8, 4) is 0 Å². The standard InChI is InChI=1S/C14H24O4S2/c1-10(19)12(15)17-8-14(6-4-3-5-7-14)9-18-13(16)11(2)20/h10-11,19-20H,3-9H2,1-2H3. The minimum absolute atomic E-state index is 0.241. The van der Waals surface area contributed by atoms with Gasteiger partial charge in [-0.25, -0.2) is 0 Å². The lowest BCUT2D eigenvalue weighted by atomic mass is 9.75. The zero-order valence-corrected chi connectivity index (χ0v) is 13.9. The van der Waals surface area contributed by atoms with Crippen molar-refractivity contribution in [1.82, 2.24) is 0 Å². The number of esters is 2. The molecule has 0 radical (unpaired) electrons. The van der Waals surface area contributed by atoms with E-state index in [9.17, 15) is 9.59 Å². The van der Waals surface area contributed by atoms with Crippen molar-refractivity contribution in [1.29, 1.82) is 0 Å². The van der Waals surface area contributed by atoms with E-state index in [1.54, 1.807) is 13.8 Å². The smallest absolute Gasteiger partial charge is 0.318 e. The number of rotatable bonds is 6. The van der Waals surface area contributed by atoms with Gasteiger partial charge in [0.25, 0.3) is 0 Å². The Balaban J connectivity index is 2.57. The Morgan fingerprint density at radius 1 is 0.950 bits per heavy atom. The van der Waals surface area contributed by atoms with E-state index in [1.807, 2.05) is 0 Å². The van der Waals surface area contributed by atoms with Crippen LogP contribution in [0.25, 0.3) is 0 Å². The largest absolute Gasteiger partial charge is 0.464 e. The Kier molecular flexibility index (Phi) is 7.23. The molecule has 0 aliphatic heterocycles. The third-order valence-electron chi connectivity index (χ3n) is 3.64. The van der Waals surface area contributed by atoms with Crippen molar-refractivity contribution in [3.05, 3.63) is 0 Å². The van der Waals surface area contributed by atoms with Gasteiger partial charge >= 0.3 is 11.9 Å². The van der Waals surface area contributed by atoms with Crippen molar-refractivity contribution < 1.29 is 19.1 Å². The predicted molar refractivity (Wildman–Crippen MR) is 84.3 cm³/mol. The molecule has 1 rings (SSSR count). The van der Waals surface area contributed by atoms with E-state index in [4.69, 9.17) is 9.47 Å². The summed E-state index contributed by atoms with van der Waals surface area (Å²) in [7, 11) is 0. The molecule has 0 heterocycles. The van der Waals surface area contributed by atoms with Crippen LogP contribution in [-0.2, 0) is 19.1 Å². The molecule has 0 bridgehead atoms. The zero-order valence-electron chi connectivity index (χ0n) is 12.1. The fraction of sp³-hybridized carbons (Fsp3) is 0.857. The van der Waals surface area contributed by atoms with Gasteiger partial charge in [-0.2, -0.15) is 25.3 Å². The van der Waals surface area contributed by atoms with E-state index in [1.165, 1.54) is 6.42 Å². The molecule has 20 heavy (non-hydrogen) atoms. The quantitative estimate of drug-likeness (QED) is 0.583. The number of ether oxygens (including phenoxy) is 2. The Bertz CT molecular complexity index is 310. The Labute approximate surface area is 131 Å². The van der Waals surface area contributed by atoms with E-state index in [0.29, 0.717) is 13.2 Å². The predicted octanol–water partition coefficient (Wildman–Crippen LogP) is 2.66. The summed E-state index contributed by atoms with van der Waals surface area (Å²) in [5.74, 6) is -0.653. The van der Waals surface area contributed by atoms with Crippen LogP contribution in [0, 0.1) is 5.41 Å². The van der Waals surface area contributed by atoms with E-state index < -0.39 is 10.5 Å². The molecular weight excluding hydrogens is 296 g/mol. The number of thiol groups is 2. The van der Waals surface area contributed by atoms with Crippen molar-refractivity contribution in [2.75, 3.05) is 13.2 Å². The molecule has 1 saturated carbocycles. The molecule has 0 aromatic rings. The Morgan fingerprint density at radius 2 is 1.35 bits per heavy atom. The third-order valence-corrected chi connectivity index (χ3v) is 4.06. The maximum Gasteiger partial charge on any atom is 0.318 e. The molecule has 6 heteroatoms. The van der Waals surface area contributed by atoms with Crippen LogP contribution in [0.15, 0.2) is 0 Å². The molecule has 0 aromatic carbocycles. The van der Waals surface area contributed by atoms with Crippen LogP contribution in [0.1, 0.15) is 46.0 Å². The highest BCUT2D eigenvalue weighted by Gasteiger charge is 2.35. The van der Waals surface area contributed by atoms with Crippen LogP contribution >= 0.6 is 25.3 Å². The van der Waals surface area contributed by atoms with E-state index in [-0.39, 0.29) is 17.4 Å². The minimum atomic E-state index is -0.435. The second-order valence-electron chi connectivity index (χ2n) is 5.63. The lowest BCUT2D eigenvalue weighted by molar-refractivity contribution is -0.154. The molecule has 116 valence electrons. The second kappa shape index (κ2) is 8.17. The average molecular weight is 320 g/mol. The van der Waals surface area contributed by atoms with Gasteiger partial charge in [-0.3, -0.25) is 9.59 Å². The Hall–Kier alpha value is -0.360. The summed E-state index contributed by atoms with van der Waals surface area (Å²) in [5.41, 5.74) is -0.241. The highest BCUT2D eigenvalue weighted by Crippen LogP contribution is 2.37. The number of hydrogen-bond donors (Lipinski definition) is 2. The third kappa shape index (κ3) is 5.56. The van der Waals surface area contributed by atoms with Gasteiger partial charge in [-0.05, 0) is 26.7 Å². The maximum absolute atomic E-state index is 11.6. The van der Waals surface area contributed by atoms with Gasteiger partial charge in [0.1, 0.15) is 13.2 Å². The number of carbonyl (C=O) groups is 2. The zero-order chi connectivity index (χ0) is 15.2. The Morgan fingerprint density at radius 3 is 1.70 bits per heavy atom. The van der Waals surface area contributed by atoms with Gasteiger partial charge in [-0.15, -0.1) is 0 Å². The van der Waals surface area contributed by atoms with Crippen LogP contribution in [0.2, 0.25) is 0 Å². The molecule has 0 spiro atoms. The van der Waals surface area contributed by atoms with Gasteiger partial charge in [0.15, 0.2) is 0 Å². The molecule has 2 unspecified atom stereocenters. The highest BCUT2D eigenvalue weighted by molar-refractivity contribution is 7.81. The van der Waals surface area contributed by atoms with Gasteiger partial charge in [0.2, 0.25) is 0 Å². The van der Waals surface area contributed by atoms with Crippen LogP contribution in [-0.4, -0.2) is 35.7 Å². The van der Waals surface area contributed by atoms with Gasteiger partial charge in [0, 0.05) is 5.41 Å². The molecular formula is C14H24O4S2. The summed E-state index contributed by atoms with van der Waals surface area (Å²) in [6.45, 7) is 3.96. The van der Waals surface area contributed by atoms with Crippen LogP contribution < -0.4 is 0 Å². The van der Waals surface area contributed by atoms with Gasteiger partial charge in [0.05, 0.1) is 10.5 Å². The molecule has 4 nitrogen and oxygen atoms in total. The summed E-state index contributed by atoms with van der Waals surface area (Å²) in [5, 5.41) is -0.869. The van der Waals surface area contributed by atoms with E-state index >= 15 is 0 Å². The molecule has 2 atom stereocenters. The molecule has 0 amide bonds. The topological polar surface area (TPSA) is 52.6 Å². The average Bonchev–Trinajstić information content (AvgIpc) is 2.43. The summed E-state index contributed by atoms with van der Waals surface area (Å²) in [6.07, 6.45) is 5.14. The lowest BCUT2D eigenvalue weighted by Crippen LogP contribution is -2.37. The number of carbonyl (C=O) groups excluding carboxylic acids is 2. The van der Waals surface area contributed by atoms with E-state index in [2.05, 4.69) is 25.3 Å². The van der Waals surface area contributed by atoms with Crippen molar-refractivity contribution in [2.45, 2.75) is 56.5 Å². The monoisotopic (exact) mass is 320 g/mol. The van der Waals surface area contributed by atoms with Crippen LogP contribution in [0.4, 0.5) is 0 Å². The molecule has 0 saturated heterocycles. The molecule has 1 fully saturated rings. The maximum atomic E-state index is 11.6. The molecule has 0 aromatic heterocycles. The first-order valence-electron chi connectivity index (χ1n) is 7.06. The summed E-state index contributed by atoms with van der Waals surface area (Å²) in [4.78, 5) is 23.1. The first kappa shape index (κ1) is 17.7. The first-order chi connectivity index (χ1) is 9.36. The summed E-state index contributed by atoms with van der Waals surface area (Å²) in [6, 6.07) is 0. The highest BCUT2D eigenvalue weighted by atomic mass is 32.1. The SMILES string of the molecule is CC(S)C(=O)OCC1(COC(=O)C(C)S)CCCCC1. The molecule has 1 aliphatic rings.